The first-order valence-electron chi connectivity index (χ1n) is 7.05. The molecule has 2 N–H and O–H groups in total. The fourth-order valence-corrected chi connectivity index (χ4v) is 2.29. The lowest BCUT2D eigenvalue weighted by atomic mass is 10.0. The van der Waals surface area contributed by atoms with Crippen LogP contribution in [0.3, 0.4) is 0 Å². The van der Waals surface area contributed by atoms with Gasteiger partial charge in [-0.2, -0.15) is 0 Å². The van der Waals surface area contributed by atoms with E-state index in [0.29, 0.717) is 0 Å². The molecule has 1 aliphatic carbocycles. The van der Waals surface area contributed by atoms with Gasteiger partial charge >= 0.3 is 12.1 Å². The molecule has 0 radical (unpaired) electrons. The van der Waals surface area contributed by atoms with Gasteiger partial charge in [-0.1, -0.05) is 24.3 Å². The van der Waals surface area contributed by atoms with E-state index in [1.807, 2.05) is 39.0 Å². The number of hydrogen-bond donors (Lipinski definition) is 2. The number of nitrogens with one attached hydrogen (secondary N) is 1. The van der Waals surface area contributed by atoms with Crippen LogP contribution in [0.25, 0.3) is 0 Å². The molecule has 0 bridgehead atoms. The molecule has 114 valence electrons. The van der Waals surface area contributed by atoms with Gasteiger partial charge in [-0.05, 0) is 38.3 Å². The van der Waals surface area contributed by atoms with E-state index in [9.17, 15) is 9.59 Å². The number of rotatable bonds is 4. The highest BCUT2D eigenvalue weighted by molar-refractivity contribution is 5.70. The van der Waals surface area contributed by atoms with E-state index >= 15 is 0 Å². The first-order valence-corrected chi connectivity index (χ1v) is 7.05. The summed E-state index contributed by atoms with van der Waals surface area (Å²) < 4.78 is 5.22. The Kier molecular flexibility index (Phi) is 4.21. The predicted molar refractivity (Wildman–Crippen MR) is 78.3 cm³/mol. The Bertz CT molecular complexity index is 547. The van der Waals surface area contributed by atoms with Crippen LogP contribution in [0.4, 0.5) is 4.79 Å². The van der Waals surface area contributed by atoms with Gasteiger partial charge in [0.05, 0.1) is 6.42 Å². The molecule has 1 aromatic rings. The van der Waals surface area contributed by atoms with E-state index in [2.05, 4.69) is 5.32 Å². The predicted octanol–water partition coefficient (Wildman–Crippen LogP) is 2.69. The summed E-state index contributed by atoms with van der Waals surface area (Å²) >= 11 is 0. The zero-order valence-corrected chi connectivity index (χ0v) is 12.6. The average molecular weight is 291 g/mol. The molecular formula is C16H21NO4. The lowest BCUT2D eigenvalue weighted by Crippen LogP contribution is -2.34. The SMILES string of the molecule is CC(C)(C)OC(=O)NC1CC1c1cccc(CC(=O)O)c1. The molecule has 2 atom stereocenters. The molecule has 0 heterocycles. The van der Waals surface area contributed by atoms with E-state index in [-0.39, 0.29) is 18.4 Å². The second-order valence-corrected chi connectivity index (χ2v) is 6.41. The highest BCUT2D eigenvalue weighted by Crippen LogP contribution is 2.41. The number of aliphatic carboxylic acids is 1. The lowest BCUT2D eigenvalue weighted by Gasteiger charge is -2.19. The third-order valence-corrected chi connectivity index (χ3v) is 3.23. The summed E-state index contributed by atoms with van der Waals surface area (Å²) in [4.78, 5) is 22.4. The second kappa shape index (κ2) is 5.76. The van der Waals surface area contributed by atoms with Gasteiger partial charge in [-0.3, -0.25) is 4.79 Å². The van der Waals surface area contributed by atoms with Crippen molar-refractivity contribution >= 4 is 12.1 Å². The number of carboxylic acids is 1. The minimum Gasteiger partial charge on any atom is -0.481 e. The van der Waals surface area contributed by atoms with Crippen molar-refractivity contribution in [2.75, 3.05) is 0 Å². The van der Waals surface area contributed by atoms with Crippen LogP contribution in [0.2, 0.25) is 0 Å². The third-order valence-electron chi connectivity index (χ3n) is 3.23. The van der Waals surface area contributed by atoms with Gasteiger partial charge in [0.1, 0.15) is 5.60 Å². The average Bonchev–Trinajstić information content (AvgIpc) is 3.05. The molecule has 2 unspecified atom stereocenters. The molecular weight excluding hydrogens is 270 g/mol. The minimum absolute atomic E-state index is 0.0186. The van der Waals surface area contributed by atoms with Crippen molar-refractivity contribution in [1.29, 1.82) is 0 Å². The fraction of sp³-hybridized carbons (Fsp3) is 0.500. The van der Waals surface area contributed by atoms with Crippen LogP contribution in [-0.2, 0) is 16.0 Å². The van der Waals surface area contributed by atoms with Crippen molar-refractivity contribution in [2.45, 2.75) is 51.2 Å². The smallest absolute Gasteiger partial charge is 0.407 e. The maximum Gasteiger partial charge on any atom is 0.407 e. The van der Waals surface area contributed by atoms with Crippen molar-refractivity contribution in [3.63, 3.8) is 0 Å². The van der Waals surface area contributed by atoms with Crippen molar-refractivity contribution in [3.05, 3.63) is 35.4 Å². The van der Waals surface area contributed by atoms with Crippen LogP contribution in [0.1, 0.15) is 44.2 Å². The van der Waals surface area contributed by atoms with E-state index in [4.69, 9.17) is 9.84 Å². The van der Waals surface area contributed by atoms with Crippen molar-refractivity contribution in [1.82, 2.24) is 5.32 Å². The molecule has 2 rings (SSSR count). The summed E-state index contributed by atoms with van der Waals surface area (Å²) in [6.45, 7) is 5.48. The van der Waals surface area contributed by atoms with Gasteiger partial charge in [0, 0.05) is 12.0 Å². The van der Waals surface area contributed by atoms with Crippen LogP contribution in [0, 0.1) is 0 Å². The number of carbonyl (C=O) groups excluding carboxylic acids is 1. The Morgan fingerprint density at radius 2 is 2.10 bits per heavy atom. The maximum absolute atomic E-state index is 11.7. The summed E-state index contributed by atoms with van der Waals surface area (Å²) in [6, 6.07) is 7.59. The van der Waals surface area contributed by atoms with Crippen molar-refractivity contribution in [3.8, 4) is 0 Å². The Morgan fingerprint density at radius 3 is 2.71 bits per heavy atom. The van der Waals surface area contributed by atoms with Crippen molar-refractivity contribution in [2.24, 2.45) is 0 Å². The molecule has 1 fully saturated rings. The number of carboxylic acid groups (broad SMARTS) is 1. The number of hydrogen-bond acceptors (Lipinski definition) is 3. The molecule has 1 amide bonds. The molecule has 1 aliphatic rings. The number of ether oxygens (including phenoxy) is 1. The van der Waals surface area contributed by atoms with Crippen LogP contribution in [0.15, 0.2) is 24.3 Å². The molecule has 0 aliphatic heterocycles. The zero-order chi connectivity index (χ0) is 15.6. The van der Waals surface area contributed by atoms with Crippen molar-refractivity contribution < 1.29 is 19.4 Å². The quantitative estimate of drug-likeness (QED) is 0.894. The number of carbonyl (C=O) groups is 2. The molecule has 5 heteroatoms. The number of amides is 1. The number of alkyl carbamates (subject to hydrolysis) is 1. The van der Waals surface area contributed by atoms with Gasteiger partial charge in [0.2, 0.25) is 0 Å². The standard InChI is InChI=1S/C16H21NO4/c1-16(2,3)21-15(20)17-13-9-12(13)11-6-4-5-10(7-11)8-14(18)19/h4-7,12-13H,8-9H2,1-3H3,(H,17,20)(H,18,19). The normalized spacial score (nSPS) is 20.7. The Labute approximate surface area is 124 Å². The van der Waals surface area contributed by atoms with E-state index < -0.39 is 17.7 Å². The molecule has 1 aromatic carbocycles. The molecule has 5 nitrogen and oxygen atoms in total. The first kappa shape index (κ1) is 15.4. The zero-order valence-electron chi connectivity index (χ0n) is 12.6. The summed E-state index contributed by atoms with van der Waals surface area (Å²) in [5.41, 5.74) is 1.34. The monoisotopic (exact) mass is 291 g/mol. The molecule has 0 saturated heterocycles. The maximum atomic E-state index is 11.7. The largest absolute Gasteiger partial charge is 0.481 e. The Hall–Kier alpha value is -2.04. The van der Waals surface area contributed by atoms with E-state index in [1.165, 1.54) is 0 Å². The summed E-state index contributed by atoms with van der Waals surface area (Å²) in [6.07, 6.45) is 0.470. The van der Waals surface area contributed by atoms with Gasteiger partial charge < -0.3 is 15.2 Å². The van der Waals surface area contributed by atoms with E-state index in [1.54, 1.807) is 6.07 Å². The number of benzene rings is 1. The fourth-order valence-electron chi connectivity index (χ4n) is 2.29. The molecule has 21 heavy (non-hydrogen) atoms. The van der Waals surface area contributed by atoms with Crippen LogP contribution >= 0.6 is 0 Å². The van der Waals surface area contributed by atoms with Gasteiger partial charge in [0.25, 0.3) is 0 Å². The van der Waals surface area contributed by atoms with Crippen LogP contribution < -0.4 is 5.32 Å². The Balaban J connectivity index is 1.91. The molecule has 1 saturated carbocycles. The van der Waals surface area contributed by atoms with E-state index in [0.717, 1.165) is 17.5 Å². The lowest BCUT2D eigenvalue weighted by molar-refractivity contribution is -0.136. The summed E-state index contributed by atoms with van der Waals surface area (Å²) in [5.74, 6) is -0.599. The first-order chi connectivity index (χ1) is 9.74. The highest BCUT2D eigenvalue weighted by atomic mass is 16.6. The minimum atomic E-state index is -0.841. The van der Waals surface area contributed by atoms with Gasteiger partial charge in [-0.25, -0.2) is 4.79 Å². The topological polar surface area (TPSA) is 75.6 Å². The molecule has 0 aromatic heterocycles. The molecule has 0 spiro atoms. The summed E-state index contributed by atoms with van der Waals surface area (Å²) in [7, 11) is 0. The van der Waals surface area contributed by atoms with Crippen LogP contribution in [-0.4, -0.2) is 28.8 Å². The highest BCUT2D eigenvalue weighted by Gasteiger charge is 2.40. The van der Waals surface area contributed by atoms with Crippen LogP contribution in [0.5, 0.6) is 0 Å². The van der Waals surface area contributed by atoms with Gasteiger partial charge in [0.15, 0.2) is 0 Å². The third kappa shape index (κ3) is 4.77. The Morgan fingerprint density at radius 1 is 1.38 bits per heavy atom. The second-order valence-electron chi connectivity index (χ2n) is 6.41. The summed E-state index contributed by atoms with van der Waals surface area (Å²) in [5, 5.41) is 11.7. The van der Waals surface area contributed by atoms with Gasteiger partial charge in [-0.15, -0.1) is 0 Å².